The predicted molar refractivity (Wildman–Crippen MR) is 118 cm³/mol. The Hall–Kier alpha value is -3.40. The molecule has 2 aromatic rings. The molecule has 2 N–H and O–H groups in total. The Morgan fingerprint density at radius 1 is 1.03 bits per heavy atom. The zero-order valence-electron chi connectivity index (χ0n) is 18.2. The van der Waals surface area contributed by atoms with Gasteiger partial charge in [0.05, 0.1) is 29.4 Å². The van der Waals surface area contributed by atoms with Crippen molar-refractivity contribution in [1.29, 1.82) is 0 Å². The number of carbonyl (C=O) groups excluding carboxylic acids is 3. The van der Waals surface area contributed by atoms with Crippen LogP contribution in [0.4, 0.5) is 18.9 Å². The fraction of sp³-hybridized carbons (Fsp3) is 0.375. The van der Waals surface area contributed by atoms with E-state index < -0.39 is 29.6 Å². The van der Waals surface area contributed by atoms with Crippen LogP contribution >= 0.6 is 0 Å². The molecule has 0 radical (unpaired) electrons. The second-order valence-corrected chi connectivity index (χ2v) is 8.78. The van der Waals surface area contributed by atoms with Crippen LogP contribution < -0.4 is 10.6 Å². The van der Waals surface area contributed by atoms with E-state index in [0.29, 0.717) is 23.4 Å². The molecular formula is C24H23F3N4O3. The van der Waals surface area contributed by atoms with E-state index in [1.165, 1.54) is 23.1 Å². The standard InChI is InChI=1S/C24H23F3N4O3/c25-24(26,27)16-4-1-3-14(11-16)15-6-7-18-17(12-15)22(33)31-10-9-30(13-20(31)21(32)29-18)23(34)19-5-2-8-28-19/h1,3-4,6-7,11-12,19-20,28H,2,5,8-10,13H2,(H,29,32)/t19-,20+/m1/s1. The van der Waals surface area contributed by atoms with Crippen molar-refractivity contribution in [2.24, 2.45) is 0 Å². The fourth-order valence-electron chi connectivity index (χ4n) is 4.82. The predicted octanol–water partition coefficient (Wildman–Crippen LogP) is 2.73. The summed E-state index contributed by atoms with van der Waals surface area (Å²) in [5.41, 5.74) is 0.486. The number of hydrogen-bond donors (Lipinski definition) is 2. The number of carbonyl (C=O) groups is 3. The van der Waals surface area contributed by atoms with Crippen LogP contribution in [0.2, 0.25) is 0 Å². The van der Waals surface area contributed by atoms with Gasteiger partial charge >= 0.3 is 6.18 Å². The molecule has 3 aliphatic heterocycles. The molecule has 0 unspecified atom stereocenters. The third-order valence-corrected chi connectivity index (χ3v) is 6.65. The summed E-state index contributed by atoms with van der Waals surface area (Å²) in [5.74, 6) is -0.847. The van der Waals surface area contributed by atoms with Crippen LogP contribution in [0, 0.1) is 0 Å². The van der Waals surface area contributed by atoms with Gasteiger partial charge in [-0.3, -0.25) is 14.4 Å². The van der Waals surface area contributed by atoms with E-state index >= 15 is 0 Å². The van der Waals surface area contributed by atoms with Gasteiger partial charge in [0.15, 0.2) is 0 Å². The molecule has 34 heavy (non-hydrogen) atoms. The Labute approximate surface area is 193 Å². The van der Waals surface area contributed by atoms with Gasteiger partial charge < -0.3 is 20.4 Å². The van der Waals surface area contributed by atoms with Gasteiger partial charge in [-0.1, -0.05) is 18.2 Å². The van der Waals surface area contributed by atoms with Crippen LogP contribution in [0.5, 0.6) is 0 Å². The minimum absolute atomic E-state index is 0.0639. The number of hydrogen-bond acceptors (Lipinski definition) is 4. The lowest BCUT2D eigenvalue weighted by atomic mass is 9.99. The van der Waals surface area contributed by atoms with Gasteiger partial charge in [0, 0.05) is 13.1 Å². The third kappa shape index (κ3) is 4.02. The minimum Gasteiger partial charge on any atom is -0.337 e. The van der Waals surface area contributed by atoms with E-state index in [4.69, 9.17) is 0 Å². The maximum atomic E-state index is 13.4. The fourth-order valence-corrected chi connectivity index (χ4v) is 4.82. The molecule has 0 saturated carbocycles. The molecule has 0 bridgehead atoms. The SMILES string of the molecule is O=C1Nc2ccc(-c3cccc(C(F)(F)F)c3)cc2C(=O)N2CCN(C(=O)[C@H]3CCCN3)C[C@@H]12. The second kappa shape index (κ2) is 8.43. The van der Waals surface area contributed by atoms with Crippen molar-refractivity contribution >= 4 is 23.4 Å². The van der Waals surface area contributed by atoms with Crippen molar-refractivity contribution in [2.45, 2.75) is 31.1 Å². The van der Waals surface area contributed by atoms with Gasteiger partial charge in [0.25, 0.3) is 5.91 Å². The number of benzene rings is 2. The van der Waals surface area contributed by atoms with Crippen LogP contribution in [0.15, 0.2) is 42.5 Å². The number of nitrogens with one attached hydrogen (secondary N) is 2. The van der Waals surface area contributed by atoms with Crippen LogP contribution in [-0.4, -0.2) is 65.8 Å². The molecule has 2 fully saturated rings. The number of rotatable bonds is 2. The molecule has 2 atom stereocenters. The summed E-state index contributed by atoms with van der Waals surface area (Å²) in [6.45, 7) is 1.39. The summed E-state index contributed by atoms with van der Waals surface area (Å²) in [6.07, 6.45) is -2.81. The maximum absolute atomic E-state index is 13.4. The van der Waals surface area contributed by atoms with Crippen molar-refractivity contribution in [2.75, 3.05) is 31.5 Å². The number of alkyl halides is 3. The Balaban J connectivity index is 1.42. The first kappa shape index (κ1) is 22.4. The molecule has 0 aromatic heterocycles. The van der Waals surface area contributed by atoms with Crippen molar-refractivity contribution in [1.82, 2.24) is 15.1 Å². The zero-order valence-corrected chi connectivity index (χ0v) is 18.2. The highest BCUT2D eigenvalue weighted by molar-refractivity contribution is 6.10. The Kier molecular flexibility index (Phi) is 5.55. The lowest BCUT2D eigenvalue weighted by Gasteiger charge is -2.40. The summed E-state index contributed by atoms with van der Waals surface area (Å²) in [6, 6.07) is 8.41. The number of nitrogens with zero attached hydrogens (tertiary/aromatic N) is 2. The molecule has 0 spiro atoms. The number of fused-ring (bicyclic) bond motifs is 2. The monoisotopic (exact) mass is 472 g/mol. The van der Waals surface area contributed by atoms with E-state index in [1.807, 2.05) is 0 Å². The van der Waals surface area contributed by atoms with Crippen molar-refractivity contribution < 1.29 is 27.6 Å². The number of amides is 3. The minimum atomic E-state index is -4.48. The average molecular weight is 472 g/mol. The lowest BCUT2D eigenvalue weighted by Crippen LogP contribution is -2.61. The van der Waals surface area contributed by atoms with Gasteiger partial charge in [0.1, 0.15) is 6.04 Å². The number of halogens is 3. The van der Waals surface area contributed by atoms with E-state index in [-0.39, 0.29) is 30.6 Å². The number of anilines is 1. The van der Waals surface area contributed by atoms with E-state index in [9.17, 15) is 27.6 Å². The Morgan fingerprint density at radius 3 is 2.56 bits per heavy atom. The summed E-state index contributed by atoms with van der Waals surface area (Å²) < 4.78 is 39.4. The smallest absolute Gasteiger partial charge is 0.337 e. The largest absolute Gasteiger partial charge is 0.416 e. The van der Waals surface area contributed by atoms with E-state index in [2.05, 4.69) is 10.6 Å². The molecule has 7 nitrogen and oxygen atoms in total. The van der Waals surface area contributed by atoms with E-state index in [1.54, 1.807) is 17.0 Å². The highest BCUT2D eigenvalue weighted by Gasteiger charge is 2.41. The normalized spacial score (nSPS) is 22.7. The first-order valence-corrected chi connectivity index (χ1v) is 11.2. The Bertz CT molecular complexity index is 1160. The van der Waals surface area contributed by atoms with Crippen molar-refractivity contribution in [3.8, 4) is 11.1 Å². The molecule has 2 aromatic carbocycles. The summed E-state index contributed by atoms with van der Waals surface area (Å²) in [4.78, 5) is 42.3. The van der Waals surface area contributed by atoms with Crippen molar-refractivity contribution in [3.05, 3.63) is 53.6 Å². The molecule has 178 valence electrons. The number of piperazine rings is 1. The van der Waals surface area contributed by atoms with Crippen LogP contribution in [0.3, 0.4) is 0 Å². The molecule has 3 amide bonds. The topological polar surface area (TPSA) is 81.8 Å². The first-order chi connectivity index (χ1) is 16.2. The molecule has 3 aliphatic rings. The zero-order chi connectivity index (χ0) is 24.0. The first-order valence-electron chi connectivity index (χ1n) is 11.2. The summed E-state index contributed by atoms with van der Waals surface area (Å²) >= 11 is 0. The van der Waals surface area contributed by atoms with Gasteiger partial charge in [-0.05, 0) is 54.8 Å². The van der Waals surface area contributed by atoms with Crippen LogP contribution in [0.25, 0.3) is 11.1 Å². The van der Waals surface area contributed by atoms with Gasteiger partial charge in [-0.25, -0.2) is 0 Å². The summed E-state index contributed by atoms with van der Waals surface area (Å²) in [5, 5.41) is 5.92. The quantitative estimate of drug-likeness (QED) is 0.705. The van der Waals surface area contributed by atoms with Crippen LogP contribution in [-0.2, 0) is 15.8 Å². The second-order valence-electron chi connectivity index (χ2n) is 8.78. The maximum Gasteiger partial charge on any atom is 0.416 e. The third-order valence-electron chi connectivity index (χ3n) is 6.65. The highest BCUT2D eigenvalue weighted by atomic mass is 19.4. The van der Waals surface area contributed by atoms with E-state index in [0.717, 1.165) is 31.5 Å². The highest BCUT2D eigenvalue weighted by Crippen LogP contribution is 2.34. The Morgan fingerprint density at radius 2 is 1.82 bits per heavy atom. The molecule has 3 heterocycles. The van der Waals surface area contributed by atoms with Crippen molar-refractivity contribution in [3.63, 3.8) is 0 Å². The lowest BCUT2D eigenvalue weighted by molar-refractivity contribution is -0.138. The van der Waals surface area contributed by atoms with Gasteiger partial charge in [0.2, 0.25) is 11.8 Å². The van der Waals surface area contributed by atoms with Gasteiger partial charge in [-0.15, -0.1) is 0 Å². The molecule has 2 saturated heterocycles. The van der Waals surface area contributed by atoms with Crippen LogP contribution in [0.1, 0.15) is 28.8 Å². The summed E-state index contributed by atoms with van der Waals surface area (Å²) in [7, 11) is 0. The van der Waals surface area contributed by atoms with Gasteiger partial charge in [-0.2, -0.15) is 13.2 Å². The molecular weight excluding hydrogens is 449 g/mol. The molecule has 5 rings (SSSR count). The molecule has 10 heteroatoms. The average Bonchev–Trinajstić information content (AvgIpc) is 3.34. The molecule has 0 aliphatic carbocycles.